The van der Waals surface area contributed by atoms with Gasteiger partial charge in [-0.3, -0.25) is 0 Å². The van der Waals surface area contributed by atoms with Crippen LogP contribution in [0.5, 0.6) is 0 Å². The van der Waals surface area contributed by atoms with Gasteiger partial charge in [0.15, 0.2) is 6.29 Å². The smallest absolute Gasteiger partial charge is 0.158 e. The lowest BCUT2D eigenvalue weighted by Crippen LogP contribution is -2.56. The second-order valence-electron chi connectivity index (χ2n) is 14.5. The molecule has 11 atom stereocenters. The lowest BCUT2D eigenvalue weighted by atomic mass is 9.42. The molecule has 4 nitrogen and oxygen atoms in total. The third-order valence-electron chi connectivity index (χ3n) is 12.5. The minimum Gasteiger partial charge on any atom is -0.388 e. The predicted octanol–water partition coefficient (Wildman–Crippen LogP) is 5.63. The summed E-state index contributed by atoms with van der Waals surface area (Å²) in [6.07, 6.45) is 12.9. The quantitative estimate of drug-likeness (QED) is 0.406. The van der Waals surface area contributed by atoms with Crippen molar-refractivity contribution in [2.24, 2.45) is 45.3 Å². The number of ether oxygens (including phenoxy) is 2. The molecule has 2 heterocycles. The molecule has 4 heteroatoms. The van der Waals surface area contributed by atoms with Gasteiger partial charge in [-0.25, -0.2) is 0 Å². The lowest BCUT2D eigenvalue weighted by molar-refractivity contribution is -0.133. The molecule has 2 aliphatic heterocycles. The van der Waals surface area contributed by atoms with Crippen molar-refractivity contribution in [1.82, 2.24) is 0 Å². The number of hydrogen-bond acceptors (Lipinski definition) is 4. The SMILES string of the molecule is CC1(C)C(O)C=C[C@@]2(C)C1CC=C1[C@@H]2CC[C@@]2(C)[C@H]([C@@H]3C[C@H]([C@H]4OC4(C)C)O[C@H]3O)CC[C@]12C. The van der Waals surface area contributed by atoms with E-state index in [9.17, 15) is 10.2 Å². The zero-order valence-electron chi connectivity index (χ0n) is 22.3. The van der Waals surface area contributed by atoms with Gasteiger partial charge in [-0.05, 0) is 91.8 Å². The van der Waals surface area contributed by atoms with Crippen molar-refractivity contribution in [3.63, 3.8) is 0 Å². The summed E-state index contributed by atoms with van der Waals surface area (Å²) in [6, 6.07) is 0. The molecule has 0 aromatic carbocycles. The highest BCUT2D eigenvalue weighted by molar-refractivity contribution is 5.36. The summed E-state index contributed by atoms with van der Waals surface area (Å²) < 4.78 is 12.0. The van der Waals surface area contributed by atoms with E-state index >= 15 is 0 Å². The van der Waals surface area contributed by atoms with Crippen LogP contribution in [0.25, 0.3) is 0 Å². The van der Waals surface area contributed by atoms with Crippen molar-refractivity contribution in [1.29, 1.82) is 0 Å². The van der Waals surface area contributed by atoms with Crippen molar-refractivity contribution >= 4 is 0 Å². The monoisotopic (exact) mass is 470 g/mol. The Morgan fingerprint density at radius 3 is 2.35 bits per heavy atom. The standard InChI is InChI=1S/C30H46O4/c1-26(2)22-9-8-20-19(28(22,5)13-12-23(26)31)11-15-29(6)18(10-14-30(20,29)7)17-16-21(33-25(17)32)24-27(3,4)34-24/h8,12-13,17-19,21-25,31-32H,9-11,14-16H2,1-7H3/t17-,18-,19-,21+,22?,23?,24+,25+,28+,29-,30+/m0/s1. The summed E-state index contributed by atoms with van der Waals surface area (Å²) in [4.78, 5) is 0. The predicted molar refractivity (Wildman–Crippen MR) is 133 cm³/mol. The average molecular weight is 471 g/mol. The van der Waals surface area contributed by atoms with Gasteiger partial charge in [0.2, 0.25) is 0 Å². The van der Waals surface area contributed by atoms with Gasteiger partial charge in [0, 0.05) is 5.92 Å². The van der Waals surface area contributed by atoms with E-state index in [1.807, 2.05) is 0 Å². The molecule has 2 N–H and O–H groups in total. The molecular weight excluding hydrogens is 424 g/mol. The molecule has 34 heavy (non-hydrogen) atoms. The van der Waals surface area contributed by atoms with Gasteiger partial charge in [0.25, 0.3) is 0 Å². The molecule has 0 spiro atoms. The minimum atomic E-state index is -0.669. The first kappa shape index (κ1) is 23.7. The first-order valence-electron chi connectivity index (χ1n) is 13.8. The maximum atomic E-state index is 11.0. The Labute approximate surface area is 206 Å². The van der Waals surface area contributed by atoms with Gasteiger partial charge in [0.05, 0.1) is 17.8 Å². The number of epoxide rings is 1. The molecule has 2 saturated carbocycles. The highest BCUT2D eigenvalue weighted by atomic mass is 16.7. The molecule has 0 aromatic rings. The number of fused-ring (bicyclic) bond motifs is 5. The molecule has 2 saturated heterocycles. The van der Waals surface area contributed by atoms with Crippen molar-refractivity contribution < 1.29 is 19.7 Å². The Balaban J connectivity index is 1.30. The van der Waals surface area contributed by atoms with Crippen molar-refractivity contribution in [3.05, 3.63) is 23.8 Å². The summed E-state index contributed by atoms with van der Waals surface area (Å²) >= 11 is 0. The number of allylic oxidation sites excluding steroid dienone is 3. The van der Waals surface area contributed by atoms with Crippen LogP contribution in [0, 0.1) is 45.3 Å². The van der Waals surface area contributed by atoms with E-state index in [-0.39, 0.29) is 51.5 Å². The Morgan fingerprint density at radius 2 is 1.68 bits per heavy atom. The van der Waals surface area contributed by atoms with E-state index in [1.54, 1.807) is 5.57 Å². The molecule has 0 amide bonds. The van der Waals surface area contributed by atoms with Crippen LogP contribution in [0.15, 0.2) is 23.8 Å². The molecule has 0 bridgehead atoms. The van der Waals surface area contributed by atoms with E-state index < -0.39 is 6.29 Å². The third-order valence-corrected chi connectivity index (χ3v) is 12.5. The van der Waals surface area contributed by atoms with Crippen LogP contribution in [-0.4, -0.2) is 40.4 Å². The highest BCUT2D eigenvalue weighted by Crippen LogP contribution is 2.73. The summed E-state index contributed by atoms with van der Waals surface area (Å²) in [5, 5.41) is 21.8. The second-order valence-corrected chi connectivity index (χ2v) is 14.5. The van der Waals surface area contributed by atoms with Crippen LogP contribution in [0.1, 0.15) is 87.0 Å². The summed E-state index contributed by atoms with van der Waals surface area (Å²) in [7, 11) is 0. The van der Waals surface area contributed by atoms with Crippen molar-refractivity contribution in [2.75, 3.05) is 0 Å². The van der Waals surface area contributed by atoms with Gasteiger partial charge in [-0.2, -0.15) is 0 Å². The van der Waals surface area contributed by atoms with Gasteiger partial charge in [-0.1, -0.05) is 58.4 Å². The molecule has 4 aliphatic carbocycles. The molecule has 4 fully saturated rings. The maximum absolute atomic E-state index is 11.0. The molecule has 2 unspecified atom stereocenters. The molecule has 190 valence electrons. The van der Waals surface area contributed by atoms with E-state index in [1.165, 1.54) is 25.7 Å². The fourth-order valence-electron chi connectivity index (χ4n) is 10.0. The lowest BCUT2D eigenvalue weighted by Gasteiger charge is -2.62. The van der Waals surface area contributed by atoms with Crippen LogP contribution in [0.3, 0.4) is 0 Å². The molecular formula is C30H46O4. The highest BCUT2D eigenvalue weighted by Gasteiger charge is 2.67. The number of rotatable bonds is 2. The number of aliphatic hydroxyl groups excluding tert-OH is 2. The molecule has 6 rings (SSSR count). The summed E-state index contributed by atoms with van der Waals surface area (Å²) in [5.74, 6) is 1.69. The van der Waals surface area contributed by atoms with Gasteiger partial charge < -0.3 is 19.7 Å². The third kappa shape index (κ3) is 2.86. The topological polar surface area (TPSA) is 62.2 Å². The van der Waals surface area contributed by atoms with Crippen molar-refractivity contribution in [2.45, 2.75) is 117 Å². The first-order chi connectivity index (χ1) is 15.8. The maximum Gasteiger partial charge on any atom is 0.158 e. The molecule has 0 radical (unpaired) electrons. The minimum absolute atomic E-state index is 0.0244. The van der Waals surface area contributed by atoms with Gasteiger partial charge in [-0.15, -0.1) is 0 Å². The fraction of sp³-hybridized carbons (Fsp3) is 0.867. The Bertz CT molecular complexity index is 934. The Kier molecular flexibility index (Phi) is 4.88. The van der Waals surface area contributed by atoms with Crippen LogP contribution >= 0.6 is 0 Å². The zero-order valence-corrected chi connectivity index (χ0v) is 22.3. The average Bonchev–Trinajstić information content (AvgIpc) is 3.08. The number of aliphatic hydroxyl groups is 2. The molecule has 6 aliphatic rings. The second kappa shape index (κ2) is 7.00. The van der Waals surface area contributed by atoms with E-state index in [0.717, 1.165) is 12.8 Å². The molecule has 0 aromatic heterocycles. The van der Waals surface area contributed by atoms with Crippen LogP contribution < -0.4 is 0 Å². The van der Waals surface area contributed by atoms with Crippen LogP contribution in [-0.2, 0) is 9.47 Å². The van der Waals surface area contributed by atoms with Crippen LogP contribution in [0.2, 0.25) is 0 Å². The first-order valence-corrected chi connectivity index (χ1v) is 13.8. The Morgan fingerprint density at radius 1 is 0.971 bits per heavy atom. The van der Waals surface area contributed by atoms with E-state index in [0.29, 0.717) is 17.8 Å². The largest absolute Gasteiger partial charge is 0.388 e. The van der Waals surface area contributed by atoms with E-state index in [4.69, 9.17) is 9.47 Å². The normalized spacial score (nSPS) is 56.9. The summed E-state index contributed by atoms with van der Waals surface area (Å²) in [6.45, 7) is 16.3. The fourth-order valence-corrected chi connectivity index (χ4v) is 10.0. The van der Waals surface area contributed by atoms with Crippen LogP contribution in [0.4, 0.5) is 0 Å². The van der Waals surface area contributed by atoms with Crippen molar-refractivity contribution in [3.8, 4) is 0 Å². The van der Waals surface area contributed by atoms with Gasteiger partial charge >= 0.3 is 0 Å². The number of hydrogen-bond donors (Lipinski definition) is 2. The zero-order chi connectivity index (χ0) is 24.5. The van der Waals surface area contributed by atoms with E-state index in [2.05, 4.69) is 66.7 Å². The van der Waals surface area contributed by atoms with Gasteiger partial charge in [0.1, 0.15) is 6.10 Å². The summed E-state index contributed by atoms with van der Waals surface area (Å²) in [5.41, 5.74) is 1.90. The Hall–Kier alpha value is -0.680.